The van der Waals surface area contributed by atoms with Crippen LogP contribution in [0.5, 0.6) is 0 Å². The van der Waals surface area contributed by atoms with E-state index in [1.54, 1.807) is 12.1 Å². The number of rotatable bonds is 4. The summed E-state index contributed by atoms with van der Waals surface area (Å²) in [6.45, 7) is 3.90. The predicted octanol–water partition coefficient (Wildman–Crippen LogP) is 2.35. The van der Waals surface area contributed by atoms with Gasteiger partial charge < -0.3 is 5.11 Å². The van der Waals surface area contributed by atoms with E-state index in [2.05, 4.69) is 4.98 Å². The van der Waals surface area contributed by atoms with Crippen LogP contribution in [-0.2, 0) is 11.2 Å². The van der Waals surface area contributed by atoms with Crippen LogP contribution in [-0.4, -0.2) is 26.5 Å². The maximum Gasteiger partial charge on any atom is 0.311 e. The van der Waals surface area contributed by atoms with Crippen molar-refractivity contribution in [2.45, 2.75) is 26.7 Å². The van der Waals surface area contributed by atoms with E-state index >= 15 is 0 Å². The van der Waals surface area contributed by atoms with Gasteiger partial charge in [0.1, 0.15) is 12.2 Å². The van der Waals surface area contributed by atoms with Crippen LogP contribution in [0.4, 0.5) is 0 Å². The van der Waals surface area contributed by atoms with Gasteiger partial charge in [-0.3, -0.25) is 14.2 Å². The second kappa shape index (κ2) is 5.22. The molecule has 0 atom stereocenters. The first-order valence-corrected chi connectivity index (χ1v) is 6.20. The highest BCUT2D eigenvalue weighted by atomic mass is 16.4. The molecule has 1 aromatic heterocycles. The highest BCUT2D eigenvalue weighted by Gasteiger charge is 2.19. The average Bonchev–Trinajstić information content (AvgIpc) is 2.64. The van der Waals surface area contributed by atoms with Crippen molar-refractivity contribution in [2.75, 3.05) is 0 Å². The van der Waals surface area contributed by atoms with Crippen molar-refractivity contribution in [3.05, 3.63) is 30.1 Å². The minimum atomic E-state index is -0.992. The van der Waals surface area contributed by atoms with Crippen molar-refractivity contribution < 1.29 is 14.7 Å². The lowest BCUT2D eigenvalue weighted by atomic mass is 10.1. The fourth-order valence-corrected chi connectivity index (χ4v) is 2.05. The second-order valence-electron chi connectivity index (χ2n) is 4.91. The normalized spacial score (nSPS) is 11.1. The summed E-state index contributed by atoms with van der Waals surface area (Å²) in [5.41, 5.74) is 1.32. The maximum absolute atomic E-state index is 12.3. The maximum atomic E-state index is 12.3. The monoisotopic (exact) mass is 260 g/mol. The lowest BCUT2D eigenvalue weighted by molar-refractivity contribution is -0.136. The Bertz CT molecular complexity index is 629. The van der Waals surface area contributed by atoms with Crippen LogP contribution in [0.15, 0.2) is 24.3 Å². The summed E-state index contributed by atoms with van der Waals surface area (Å²) >= 11 is 0. The fourth-order valence-electron chi connectivity index (χ4n) is 2.05. The molecule has 0 aliphatic carbocycles. The van der Waals surface area contributed by atoms with Crippen LogP contribution in [0.25, 0.3) is 11.0 Å². The first-order chi connectivity index (χ1) is 8.99. The van der Waals surface area contributed by atoms with Gasteiger partial charge in [-0.1, -0.05) is 26.0 Å². The smallest absolute Gasteiger partial charge is 0.311 e. The Hall–Kier alpha value is -2.17. The van der Waals surface area contributed by atoms with Gasteiger partial charge in [0.2, 0.25) is 5.91 Å². The van der Waals surface area contributed by atoms with Crippen molar-refractivity contribution in [3.8, 4) is 0 Å². The van der Waals surface area contributed by atoms with E-state index in [4.69, 9.17) is 5.11 Å². The zero-order chi connectivity index (χ0) is 14.0. The predicted molar refractivity (Wildman–Crippen MR) is 71.2 cm³/mol. The molecule has 0 unspecified atom stereocenters. The molecule has 5 heteroatoms. The van der Waals surface area contributed by atoms with Crippen LogP contribution in [0.2, 0.25) is 0 Å². The molecule has 0 saturated carbocycles. The Morgan fingerprint density at radius 3 is 2.63 bits per heavy atom. The minimum absolute atomic E-state index is 0.111. The highest BCUT2D eigenvalue weighted by Crippen LogP contribution is 2.18. The molecule has 1 aromatic carbocycles. The molecule has 0 fully saturated rings. The van der Waals surface area contributed by atoms with Gasteiger partial charge in [-0.15, -0.1) is 0 Å². The molecule has 0 spiro atoms. The van der Waals surface area contributed by atoms with E-state index in [0.29, 0.717) is 23.3 Å². The number of benzene rings is 1. The average molecular weight is 260 g/mol. The quantitative estimate of drug-likeness (QED) is 0.915. The summed E-state index contributed by atoms with van der Waals surface area (Å²) in [4.78, 5) is 27.4. The Morgan fingerprint density at radius 2 is 2.00 bits per heavy atom. The van der Waals surface area contributed by atoms with Crippen LogP contribution in [0, 0.1) is 5.92 Å². The summed E-state index contributed by atoms with van der Waals surface area (Å²) in [7, 11) is 0. The molecule has 19 heavy (non-hydrogen) atoms. The summed E-state index contributed by atoms with van der Waals surface area (Å²) in [6.07, 6.45) is 0.117. The molecule has 0 aliphatic rings. The highest BCUT2D eigenvalue weighted by molar-refractivity contribution is 5.92. The number of hydrogen-bond donors (Lipinski definition) is 1. The third kappa shape index (κ3) is 2.81. The van der Waals surface area contributed by atoms with E-state index in [9.17, 15) is 9.59 Å². The number of nitrogens with zero attached hydrogens (tertiary/aromatic N) is 2. The lowest BCUT2D eigenvalue weighted by Gasteiger charge is -2.08. The number of carboxylic acid groups (broad SMARTS) is 1. The zero-order valence-corrected chi connectivity index (χ0v) is 11.0. The van der Waals surface area contributed by atoms with Gasteiger partial charge in [-0.05, 0) is 18.1 Å². The lowest BCUT2D eigenvalue weighted by Crippen LogP contribution is -2.18. The van der Waals surface area contributed by atoms with E-state index in [0.717, 1.165) is 0 Å². The van der Waals surface area contributed by atoms with Gasteiger partial charge >= 0.3 is 5.97 Å². The molecule has 0 aliphatic heterocycles. The Balaban J connectivity index is 2.53. The van der Waals surface area contributed by atoms with Gasteiger partial charge in [-0.2, -0.15) is 0 Å². The number of aliphatic carboxylic acids is 1. The first-order valence-electron chi connectivity index (χ1n) is 6.20. The van der Waals surface area contributed by atoms with Crippen molar-refractivity contribution in [2.24, 2.45) is 5.92 Å². The molecule has 0 bridgehead atoms. The summed E-state index contributed by atoms with van der Waals surface area (Å²) in [5, 5.41) is 8.92. The van der Waals surface area contributed by atoms with Crippen LogP contribution < -0.4 is 0 Å². The van der Waals surface area contributed by atoms with Gasteiger partial charge in [0.25, 0.3) is 0 Å². The minimum Gasteiger partial charge on any atom is -0.481 e. The van der Waals surface area contributed by atoms with Crippen LogP contribution >= 0.6 is 0 Å². The van der Waals surface area contributed by atoms with Crippen LogP contribution in [0.3, 0.4) is 0 Å². The molecule has 100 valence electrons. The number of carboxylic acids is 1. The zero-order valence-electron chi connectivity index (χ0n) is 11.0. The number of para-hydroxylation sites is 2. The molecule has 5 nitrogen and oxygen atoms in total. The van der Waals surface area contributed by atoms with Gasteiger partial charge in [-0.25, -0.2) is 4.98 Å². The van der Waals surface area contributed by atoms with E-state index in [-0.39, 0.29) is 18.2 Å². The largest absolute Gasteiger partial charge is 0.481 e. The molecule has 2 aromatic rings. The second-order valence-corrected chi connectivity index (χ2v) is 4.91. The SMILES string of the molecule is CC(C)CC(=O)n1c(CC(=O)O)nc2ccccc21. The van der Waals surface area contributed by atoms with Crippen LogP contribution in [0.1, 0.15) is 30.9 Å². The number of fused-ring (bicyclic) bond motifs is 1. The van der Waals surface area contributed by atoms with E-state index in [1.165, 1.54) is 4.57 Å². The van der Waals surface area contributed by atoms with Gasteiger partial charge in [0.05, 0.1) is 11.0 Å². The molecular weight excluding hydrogens is 244 g/mol. The Kier molecular flexibility index (Phi) is 3.64. The molecular formula is C14H16N2O3. The first kappa shape index (κ1) is 13.3. The van der Waals surface area contributed by atoms with Crippen molar-refractivity contribution in [1.29, 1.82) is 0 Å². The topological polar surface area (TPSA) is 72.2 Å². The van der Waals surface area contributed by atoms with Crippen molar-refractivity contribution >= 4 is 22.9 Å². The molecule has 0 amide bonds. The molecule has 0 radical (unpaired) electrons. The summed E-state index contributed by atoms with van der Waals surface area (Å²) in [6, 6.07) is 7.19. The number of aromatic nitrogens is 2. The van der Waals surface area contributed by atoms with E-state index < -0.39 is 5.97 Å². The number of carbonyl (C=O) groups excluding carboxylic acids is 1. The number of imidazole rings is 1. The molecule has 2 rings (SSSR count). The number of hydrogen-bond acceptors (Lipinski definition) is 3. The third-order valence-electron chi connectivity index (χ3n) is 2.77. The van der Waals surface area contributed by atoms with Crippen molar-refractivity contribution in [1.82, 2.24) is 9.55 Å². The number of carbonyl (C=O) groups is 2. The van der Waals surface area contributed by atoms with Crippen molar-refractivity contribution in [3.63, 3.8) is 0 Å². The third-order valence-corrected chi connectivity index (χ3v) is 2.77. The summed E-state index contributed by atoms with van der Waals surface area (Å²) in [5.74, 6) is -0.598. The fraction of sp³-hybridized carbons (Fsp3) is 0.357. The van der Waals surface area contributed by atoms with Gasteiger partial charge in [0.15, 0.2) is 0 Å². The Morgan fingerprint density at radius 1 is 1.32 bits per heavy atom. The van der Waals surface area contributed by atoms with Gasteiger partial charge in [0, 0.05) is 6.42 Å². The standard InChI is InChI=1S/C14H16N2O3/c1-9(2)7-13(17)16-11-6-4-3-5-10(11)15-12(16)8-14(18)19/h3-6,9H,7-8H2,1-2H3,(H,18,19). The Labute approximate surface area is 110 Å². The summed E-state index contributed by atoms with van der Waals surface area (Å²) < 4.78 is 1.43. The molecule has 0 saturated heterocycles. The van der Waals surface area contributed by atoms with E-state index in [1.807, 2.05) is 26.0 Å². The molecule has 1 N–H and O–H groups in total. The molecule has 1 heterocycles.